The Labute approximate surface area is 189 Å². The second-order valence-corrected chi connectivity index (χ2v) is 7.67. The van der Waals surface area contributed by atoms with Gasteiger partial charge in [0.1, 0.15) is 19.0 Å². The number of methoxy groups -OCH3 is 1. The van der Waals surface area contributed by atoms with Gasteiger partial charge < -0.3 is 29.3 Å². The molecule has 0 bridgehead atoms. The molecule has 2 amide bonds. The SMILES string of the molecule is COc1ccc(COC(=O)N2CCNCCN(C(=O)OCc3ccc(C)cc3)CC2)cc1. The fraction of sp³-hybridized carbons (Fsp3) is 0.417. The summed E-state index contributed by atoms with van der Waals surface area (Å²) in [6.45, 7) is 5.45. The number of ether oxygens (including phenoxy) is 3. The number of benzene rings is 2. The van der Waals surface area contributed by atoms with Gasteiger partial charge in [-0.25, -0.2) is 9.59 Å². The summed E-state index contributed by atoms with van der Waals surface area (Å²) in [6, 6.07) is 15.2. The van der Waals surface area contributed by atoms with Crippen molar-refractivity contribution in [2.75, 3.05) is 46.4 Å². The predicted molar refractivity (Wildman–Crippen MR) is 121 cm³/mol. The molecule has 2 aromatic carbocycles. The zero-order chi connectivity index (χ0) is 22.8. The van der Waals surface area contributed by atoms with E-state index < -0.39 is 6.09 Å². The molecule has 0 aliphatic carbocycles. The van der Waals surface area contributed by atoms with Crippen LogP contribution in [0.5, 0.6) is 5.75 Å². The first-order chi connectivity index (χ1) is 15.5. The van der Waals surface area contributed by atoms with Gasteiger partial charge in [0, 0.05) is 39.3 Å². The third kappa shape index (κ3) is 7.16. The minimum Gasteiger partial charge on any atom is -0.497 e. The van der Waals surface area contributed by atoms with Gasteiger partial charge in [-0.3, -0.25) is 0 Å². The van der Waals surface area contributed by atoms with Crippen molar-refractivity contribution in [3.63, 3.8) is 0 Å². The van der Waals surface area contributed by atoms with E-state index >= 15 is 0 Å². The second-order valence-electron chi connectivity index (χ2n) is 7.67. The van der Waals surface area contributed by atoms with Crippen LogP contribution in [0.2, 0.25) is 0 Å². The van der Waals surface area contributed by atoms with Gasteiger partial charge >= 0.3 is 12.2 Å². The normalized spacial score (nSPS) is 14.7. The summed E-state index contributed by atoms with van der Waals surface area (Å²) in [6.07, 6.45) is -0.793. The Balaban J connectivity index is 1.49. The van der Waals surface area contributed by atoms with E-state index in [1.165, 1.54) is 0 Å². The van der Waals surface area contributed by atoms with E-state index in [2.05, 4.69) is 5.32 Å². The molecule has 8 heteroatoms. The van der Waals surface area contributed by atoms with Crippen LogP contribution in [0.4, 0.5) is 9.59 Å². The highest BCUT2D eigenvalue weighted by Crippen LogP contribution is 2.13. The maximum Gasteiger partial charge on any atom is 0.410 e. The molecule has 3 rings (SSSR count). The number of carbonyl (C=O) groups excluding carboxylic acids is 2. The highest BCUT2D eigenvalue weighted by Gasteiger charge is 2.21. The maximum absolute atomic E-state index is 12.6. The van der Waals surface area contributed by atoms with Crippen LogP contribution in [0.1, 0.15) is 16.7 Å². The molecule has 32 heavy (non-hydrogen) atoms. The molecule has 1 N–H and O–H groups in total. The van der Waals surface area contributed by atoms with Crippen molar-refractivity contribution in [1.82, 2.24) is 15.1 Å². The summed E-state index contributed by atoms with van der Waals surface area (Å²) in [5.74, 6) is 0.750. The molecule has 2 aromatic rings. The number of nitrogens with zero attached hydrogens (tertiary/aromatic N) is 2. The number of aryl methyl sites for hydroxylation is 1. The van der Waals surface area contributed by atoms with Crippen molar-refractivity contribution in [1.29, 1.82) is 0 Å². The van der Waals surface area contributed by atoms with E-state index in [1.807, 2.05) is 55.5 Å². The molecule has 0 atom stereocenters. The van der Waals surface area contributed by atoms with Gasteiger partial charge in [-0.05, 0) is 30.2 Å². The monoisotopic (exact) mass is 441 g/mol. The third-order valence-corrected chi connectivity index (χ3v) is 5.28. The molecule has 1 aliphatic heterocycles. The topological polar surface area (TPSA) is 80.3 Å². The average molecular weight is 442 g/mol. The Morgan fingerprint density at radius 1 is 0.781 bits per heavy atom. The predicted octanol–water partition coefficient (Wildman–Crippen LogP) is 3.18. The van der Waals surface area contributed by atoms with E-state index in [4.69, 9.17) is 14.2 Å². The summed E-state index contributed by atoms with van der Waals surface area (Å²) in [4.78, 5) is 28.4. The largest absolute Gasteiger partial charge is 0.497 e. The van der Waals surface area contributed by atoms with Gasteiger partial charge in [-0.15, -0.1) is 0 Å². The van der Waals surface area contributed by atoms with Crippen molar-refractivity contribution in [2.45, 2.75) is 20.1 Å². The zero-order valence-corrected chi connectivity index (χ0v) is 18.7. The van der Waals surface area contributed by atoms with Gasteiger partial charge in [0.15, 0.2) is 0 Å². The Bertz CT molecular complexity index is 870. The number of hydrogen-bond donors (Lipinski definition) is 1. The molecule has 0 radical (unpaired) electrons. The molecule has 1 saturated heterocycles. The van der Waals surface area contributed by atoms with E-state index in [9.17, 15) is 9.59 Å². The van der Waals surface area contributed by atoms with Gasteiger partial charge in [0.2, 0.25) is 0 Å². The summed E-state index contributed by atoms with van der Waals surface area (Å²) in [5.41, 5.74) is 2.98. The van der Waals surface area contributed by atoms with E-state index in [-0.39, 0.29) is 19.3 Å². The van der Waals surface area contributed by atoms with Gasteiger partial charge in [0.05, 0.1) is 7.11 Å². The van der Waals surface area contributed by atoms with Crippen molar-refractivity contribution in [3.05, 3.63) is 65.2 Å². The number of nitrogens with one attached hydrogen (secondary N) is 1. The molecular weight excluding hydrogens is 410 g/mol. The van der Waals surface area contributed by atoms with E-state index in [0.717, 1.165) is 22.4 Å². The Morgan fingerprint density at radius 2 is 1.25 bits per heavy atom. The highest BCUT2D eigenvalue weighted by molar-refractivity contribution is 5.69. The van der Waals surface area contributed by atoms with Gasteiger partial charge in [-0.2, -0.15) is 0 Å². The number of amides is 2. The number of rotatable bonds is 5. The smallest absolute Gasteiger partial charge is 0.410 e. The summed E-state index contributed by atoms with van der Waals surface area (Å²) in [7, 11) is 1.61. The summed E-state index contributed by atoms with van der Waals surface area (Å²) >= 11 is 0. The highest BCUT2D eigenvalue weighted by atomic mass is 16.6. The lowest BCUT2D eigenvalue weighted by molar-refractivity contribution is 0.0818. The number of carbonyl (C=O) groups is 2. The zero-order valence-electron chi connectivity index (χ0n) is 18.7. The van der Waals surface area contributed by atoms with Crippen LogP contribution in [0.15, 0.2) is 48.5 Å². The van der Waals surface area contributed by atoms with Crippen LogP contribution < -0.4 is 10.1 Å². The maximum atomic E-state index is 12.6. The molecule has 1 heterocycles. The van der Waals surface area contributed by atoms with Crippen LogP contribution in [0.3, 0.4) is 0 Å². The van der Waals surface area contributed by atoms with Crippen LogP contribution in [0, 0.1) is 6.92 Å². The Hall–Kier alpha value is -3.26. The second kappa shape index (κ2) is 12.0. The quantitative estimate of drug-likeness (QED) is 0.768. The third-order valence-electron chi connectivity index (χ3n) is 5.28. The first-order valence-corrected chi connectivity index (χ1v) is 10.8. The van der Waals surface area contributed by atoms with Gasteiger partial charge in [0.25, 0.3) is 0 Å². The summed E-state index contributed by atoms with van der Waals surface area (Å²) < 4.78 is 16.1. The van der Waals surface area contributed by atoms with Crippen molar-refractivity contribution in [2.24, 2.45) is 0 Å². The fourth-order valence-corrected chi connectivity index (χ4v) is 3.26. The van der Waals surface area contributed by atoms with Crippen LogP contribution >= 0.6 is 0 Å². The summed E-state index contributed by atoms with van der Waals surface area (Å²) in [5, 5.41) is 3.25. The molecular formula is C24H31N3O5. The average Bonchev–Trinajstić information content (AvgIpc) is 2.94. The molecule has 8 nitrogen and oxygen atoms in total. The van der Waals surface area contributed by atoms with E-state index in [0.29, 0.717) is 39.3 Å². The molecule has 0 spiro atoms. The lowest BCUT2D eigenvalue weighted by Crippen LogP contribution is -2.42. The van der Waals surface area contributed by atoms with Crippen molar-refractivity contribution in [3.8, 4) is 5.75 Å². The minimum atomic E-state index is -0.405. The minimum absolute atomic E-state index is 0.176. The molecule has 0 aromatic heterocycles. The first-order valence-electron chi connectivity index (χ1n) is 10.8. The molecule has 1 aliphatic rings. The van der Waals surface area contributed by atoms with Gasteiger partial charge in [-0.1, -0.05) is 42.0 Å². The molecule has 1 fully saturated rings. The standard InChI is InChI=1S/C24H31N3O5/c1-19-3-5-20(6-4-19)17-31-23(28)26-13-11-25-12-14-27(16-15-26)24(29)32-18-21-7-9-22(30-2)10-8-21/h3-10,25H,11-18H2,1-2H3. The first kappa shape index (κ1) is 23.4. The molecule has 0 unspecified atom stereocenters. The Morgan fingerprint density at radius 3 is 1.72 bits per heavy atom. The van der Waals surface area contributed by atoms with Crippen molar-refractivity contribution < 1.29 is 23.8 Å². The molecule has 172 valence electrons. The van der Waals surface area contributed by atoms with Crippen LogP contribution in [0.25, 0.3) is 0 Å². The molecule has 0 saturated carbocycles. The van der Waals surface area contributed by atoms with E-state index in [1.54, 1.807) is 16.9 Å². The van der Waals surface area contributed by atoms with Crippen LogP contribution in [-0.4, -0.2) is 68.4 Å². The number of hydrogen-bond acceptors (Lipinski definition) is 6. The van der Waals surface area contributed by atoms with Crippen molar-refractivity contribution >= 4 is 12.2 Å². The Kier molecular flexibility index (Phi) is 8.74. The van der Waals surface area contributed by atoms with Crippen LogP contribution in [-0.2, 0) is 22.7 Å². The lowest BCUT2D eigenvalue weighted by Gasteiger charge is -2.25. The lowest BCUT2D eigenvalue weighted by atomic mass is 10.2. The fourth-order valence-electron chi connectivity index (χ4n) is 3.26.